The summed E-state index contributed by atoms with van der Waals surface area (Å²) in [4.78, 5) is 12.9. The molecule has 3 N–H and O–H groups in total. The van der Waals surface area contributed by atoms with Gasteiger partial charge in [0.1, 0.15) is 6.04 Å². The van der Waals surface area contributed by atoms with Crippen molar-refractivity contribution in [3.63, 3.8) is 0 Å². The number of nitrogens with two attached hydrogens (primary N) is 1. The predicted octanol–water partition coefficient (Wildman–Crippen LogP) is -0.102. The number of hydrogen-bond acceptors (Lipinski definition) is 4. The fourth-order valence-electron chi connectivity index (χ4n) is 2.15. The Kier molecular flexibility index (Phi) is 3.70. The minimum absolute atomic E-state index is 0.0437. The zero-order valence-electron chi connectivity index (χ0n) is 9.56. The van der Waals surface area contributed by atoms with Crippen LogP contribution in [0.25, 0.3) is 0 Å². The Bertz CT molecular complexity index is 243. The third-order valence-electron chi connectivity index (χ3n) is 2.54. The number of carboxylic acid groups (broad SMARTS) is 1. The molecule has 1 rings (SSSR count). The summed E-state index contributed by atoms with van der Waals surface area (Å²) in [7, 11) is 0. The van der Waals surface area contributed by atoms with Gasteiger partial charge in [0, 0.05) is 19.6 Å². The van der Waals surface area contributed by atoms with Crippen LogP contribution >= 0.6 is 0 Å². The molecule has 88 valence electrons. The Morgan fingerprint density at radius 1 is 1.73 bits per heavy atom. The molecule has 0 radical (unpaired) electrons. The molecule has 5 nitrogen and oxygen atoms in total. The minimum atomic E-state index is -0.859. The molecule has 5 heteroatoms. The minimum Gasteiger partial charge on any atom is -0.480 e. The zero-order chi connectivity index (χ0) is 11.6. The molecule has 0 saturated carbocycles. The van der Waals surface area contributed by atoms with Crippen molar-refractivity contribution in [2.45, 2.75) is 38.5 Å². The lowest BCUT2D eigenvalue weighted by molar-refractivity contribution is -0.159. The molecule has 0 aliphatic carbocycles. The highest BCUT2D eigenvalue weighted by Gasteiger charge is 2.36. The van der Waals surface area contributed by atoms with Crippen molar-refractivity contribution in [1.29, 1.82) is 0 Å². The molecule has 0 aromatic carbocycles. The predicted molar refractivity (Wildman–Crippen MR) is 56.7 cm³/mol. The molecule has 0 spiro atoms. The number of hydrogen-bond donors (Lipinski definition) is 2. The second-order valence-corrected chi connectivity index (χ2v) is 4.71. The Morgan fingerprint density at radius 3 is 2.73 bits per heavy atom. The second kappa shape index (κ2) is 4.47. The first-order valence-electron chi connectivity index (χ1n) is 5.20. The molecule has 2 unspecified atom stereocenters. The number of rotatable bonds is 3. The summed E-state index contributed by atoms with van der Waals surface area (Å²) in [5, 5.41) is 9.02. The lowest BCUT2D eigenvalue weighted by Gasteiger charge is -2.43. The highest BCUT2D eigenvalue weighted by molar-refractivity contribution is 5.73. The van der Waals surface area contributed by atoms with Crippen LogP contribution in [0.4, 0.5) is 0 Å². The number of nitrogens with zero attached hydrogens (tertiary/aromatic N) is 1. The Hall–Kier alpha value is -0.650. The van der Waals surface area contributed by atoms with E-state index in [1.807, 2.05) is 25.7 Å². The van der Waals surface area contributed by atoms with Crippen LogP contribution < -0.4 is 5.73 Å². The molecule has 1 saturated heterocycles. The van der Waals surface area contributed by atoms with Gasteiger partial charge in [-0.3, -0.25) is 9.69 Å². The number of ether oxygens (including phenoxy) is 1. The topological polar surface area (TPSA) is 75.8 Å². The zero-order valence-corrected chi connectivity index (χ0v) is 9.56. The van der Waals surface area contributed by atoms with Crippen molar-refractivity contribution in [2.75, 3.05) is 19.6 Å². The van der Waals surface area contributed by atoms with Gasteiger partial charge in [0.15, 0.2) is 0 Å². The quantitative estimate of drug-likeness (QED) is 0.689. The van der Waals surface area contributed by atoms with Crippen molar-refractivity contribution in [3.8, 4) is 0 Å². The van der Waals surface area contributed by atoms with Crippen molar-refractivity contribution >= 4 is 5.97 Å². The van der Waals surface area contributed by atoms with E-state index in [1.54, 1.807) is 0 Å². The van der Waals surface area contributed by atoms with E-state index in [9.17, 15) is 4.79 Å². The van der Waals surface area contributed by atoms with Crippen LogP contribution in [0.2, 0.25) is 0 Å². The lowest BCUT2D eigenvalue weighted by atomic mass is 10.0. The Morgan fingerprint density at radius 2 is 2.33 bits per heavy atom. The van der Waals surface area contributed by atoms with E-state index < -0.39 is 12.0 Å². The first-order valence-corrected chi connectivity index (χ1v) is 5.20. The Labute approximate surface area is 90.2 Å². The van der Waals surface area contributed by atoms with Gasteiger partial charge in [-0.2, -0.15) is 0 Å². The van der Waals surface area contributed by atoms with E-state index in [2.05, 4.69) is 0 Å². The maximum atomic E-state index is 11.0. The smallest absolute Gasteiger partial charge is 0.322 e. The summed E-state index contributed by atoms with van der Waals surface area (Å²) in [6.07, 6.45) is 0.0437. The second-order valence-electron chi connectivity index (χ2n) is 4.71. The molecule has 15 heavy (non-hydrogen) atoms. The maximum absolute atomic E-state index is 11.0. The van der Waals surface area contributed by atoms with Crippen LogP contribution in [-0.2, 0) is 9.53 Å². The van der Waals surface area contributed by atoms with Crippen LogP contribution in [0.5, 0.6) is 0 Å². The lowest BCUT2D eigenvalue weighted by Crippen LogP contribution is -2.58. The molecule has 1 heterocycles. The summed E-state index contributed by atoms with van der Waals surface area (Å²) in [6.45, 7) is 7.24. The van der Waals surface area contributed by atoms with Crippen molar-refractivity contribution in [2.24, 2.45) is 5.73 Å². The first-order chi connectivity index (χ1) is 6.85. The monoisotopic (exact) mass is 216 g/mol. The summed E-state index contributed by atoms with van der Waals surface area (Å²) in [5.74, 6) is -0.859. The summed E-state index contributed by atoms with van der Waals surface area (Å²) < 4.78 is 5.70. The molecule has 0 aromatic rings. The van der Waals surface area contributed by atoms with Crippen molar-refractivity contribution in [3.05, 3.63) is 0 Å². The van der Waals surface area contributed by atoms with Gasteiger partial charge >= 0.3 is 5.97 Å². The molecule has 1 fully saturated rings. The van der Waals surface area contributed by atoms with Crippen LogP contribution in [0.3, 0.4) is 0 Å². The van der Waals surface area contributed by atoms with Gasteiger partial charge < -0.3 is 15.6 Å². The molecule has 0 bridgehead atoms. The van der Waals surface area contributed by atoms with E-state index in [-0.39, 0.29) is 18.2 Å². The fraction of sp³-hybridized carbons (Fsp3) is 0.900. The number of morpholine rings is 1. The van der Waals surface area contributed by atoms with Gasteiger partial charge in [0.2, 0.25) is 0 Å². The maximum Gasteiger partial charge on any atom is 0.322 e. The average Bonchev–Trinajstić information content (AvgIpc) is 1.99. The molecular weight excluding hydrogens is 196 g/mol. The molecule has 0 amide bonds. The summed E-state index contributed by atoms with van der Waals surface area (Å²) in [5.41, 5.74) is 5.17. The van der Waals surface area contributed by atoms with E-state index in [1.165, 1.54) is 0 Å². The SMILES string of the molecule is CC1CN(C(CN)C(=O)O)CC(C)(C)O1. The molecule has 1 aliphatic heterocycles. The third-order valence-corrected chi connectivity index (χ3v) is 2.54. The van der Waals surface area contributed by atoms with Crippen LogP contribution in [0.15, 0.2) is 0 Å². The standard InChI is InChI=1S/C10H20N2O3/c1-7-5-12(6-10(2,3)15-7)8(4-11)9(13)14/h7-8H,4-6,11H2,1-3H3,(H,13,14). The molecule has 0 aromatic heterocycles. The first kappa shape index (κ1) is 12.4. The third kappa shape index (κ3) is 3.15. The Balaban J connectivity index is 2.72. The van der Waals surface area contributed by atoms with Gasteiger partial charge in [-0.05, 0) is 20.8 Å². The van der Waals surface area contributed by atoms with Gasteiger partial charge in [-0.1, -0.05) is 0 Å². The van der Waals surface area contributed by atoms with Crippen LogP contribution in [0, 0.1) is 0 Å². The van der Waals surface area contributed by atoms with E-state index in [0.29, 0.717) is 13.1 Å². The van der Waals surface area contributed by atoms with Gasteiger partial charge in [-0.25, -0.2) is 0 Å². The summed E-state index contributed by atoms with van der Waals surface area (Å²) >= 11 is 0. The number of carbonyl (C=O) groups is 1. The molecule has 2 atom stereocenters. The number of aliphatic carboxylic acids is 1. The summed E-state index contributed by atoms with van der Waals surface area (Å²) in [6, 6.07) is -0.601. The highest BCUT2D eigenvalue weighted by Crippen LogP contribution is 2.22. The molecular formula is C10H20N2O3. The largest absolute Gasteiger partial charge is 0.480 e. The number of carboxylic acids is 1. The van der Waals surface area contributed by atoms with Gasteiger partial charge in [-0.15, -0.1) is 0 Å². The van der Waals surface area contributed by atoms with Crippen LogP contribution in [0.1, 0.15) is 20.8 Å². The fourth-order valence-corrected chi connectivity index (χ4v) is 2.15. The average molecular weight is 216 g/mol. The highest BCUT2D eigenvalue weighted by atomic mass is 16.5. The van der Waals surface area contributed by atoms with Gasteiger partial charge in [0.05, 0.1) is 11.7 Å². The van der Waals surface area contributed by atoms with E-state index >= 15 is 0 Å². The van der Waals surface area contributed by atoms with Gasteiger partial charge in [0.25, 0.3) is 0 Å². The van der Waals surface area contributed by atoms with E-state index in [0.717, 1.165) is 0 Å². The normalized spacial score (nSPS) is 28.7. The van der Waals surface area contributed by atoms with Crippen LogP contribution in [-0.4, -0.2) is 53.4 Å². The molecule has 1 aliphatic rings. The van der Waals surface area contributed by atoms with Crippen molar-refractivity contribution < 1.29 is 14.6 Å². The van der Waals surface area contributed by atoms with Crippen molar-refractivity contribution in [1.82, 2.24) is 4.90 Å². The van der Waals surface area contributed by atoms with E-state index in [4.69, 9.17) is 15.6 Å².